The van der Waals surface area contributed by atoms with E-state index in [1.165, 1.54) is 87.2 Å². The molecule has 0 unspecified atom stereocenters. The van der Waals surface area contributed by atoms with Crippen LogP contribution in [0.15, 0.2) is 12.1 Å². The Balaban J connectivity index is 1.44. The van der Waals surface area contributed by atoms with Crippen molar-refractivity contribution in [2.24, 2.45) is 5.41 Å². The summed E-state index contributed by atoms with van der Waals surface area (Å²) in [4.78, 5) is 7.81. The highest BCUT2D eigenvalue weighted by Gasteiger charge is 2.44. The summed E-state index contributed by atoms with van der Waals surface area (Å²) in [6.45, 7) is 17.2. The second-order valence-corrected chi connectivity index (χ2v) is 10.0. The van der Waals surface area contributed by atoms with Crippen molar-refractivity contribution in [3.05, 3.63) is 34.4 Å². The third kappa shape index (κ3) is 4.71. The van der Waals surface area contributed by atoms with Crippen molar-refractivity contribution in [2.75, 3.05) is 45.8 Å². The van der Waals surface area contributed by atoms with E-state index >= 15 is 0 Å². The molecular weight excluding hydrogens is 358 g/mol. The van der Waals surface area contributed by atoms with Crippen molar-refractivity contribution >= 4 is 0 Å². The van der Waals surface area contributed by atoms with Crippen LogP contribution in [-0.2, 0) is 13.1 Å². The van der Waals surface area contributed by atoms with Gasteiger partial charge in [-0.15, -0.1) is 0 Å². The SMILES string of the molecule is CCN1CCN(Cc2cc(C)cc(CN3CCC[C@@]4(CCC[C@H]4O)C3)c2C)CC1. The molecule has 2 saturated heterocycles. The van der Waals surface area contributed by atoms with Gasteiger partial charge in [0.15, 0.2) is 0 Å². The molecule has 1 aromatic carbocycles. The molecule has 1 aromatic rings. The third-order valence-corrected chi connectivity index (χ3v) is 8.01. The van der Waals surface area contributed by atoms with E-state index in [1.54, 1.807) is 0 Å². The van der Waals surface area contributed by atoms with E-state index in [0.717, 1.165) is 26.1 Å². The molecule has 4 rings (SSSR count). The molecular formula is C25H41N3O. The lowest BCUT2D eigenvalue weighted by molar-refractivity contribution is -0.0120. The number of aryl methyl sites for hydroxylation is 1. The highest BCUT2D eigenvalue weighted by molar-refractivity contribution is 5.38. The number of likely N-dealkylation sites (N-methyl/N-ethyl adjacent to an activating group) is 1. The molecule has 1 aliphatic carbocycles. The van der Waals surface area contributed by atoms with Crippen molar-refractivity contribution in [1.82, 2.24) is 14.7 Å². The molecule has 3 aliphatic rings. The van der Waals surface area contributed by atoms with E-state index in [9.17, 15) is 5.11 Å². The van der Waals surface area contributed by atoms with E-state index < -0.39 is 0 Å². The molecule has 29 heavy (non-hydrogen) atoms. The summed E-state index contributed by atoms with van der Waals surface area (Å²) in [6, 6.07) is 4.81. The van der Waals surface area contributed by atoms with Gasteiger partial charge in [0, 0.05) is 51.2 Å². The molecule has 4 nitrogen and oxygen atoms in total. The Kier molecular flexibility index (Phi) is 6.65. The van der Waals surface area contributed by atoms with Crippen molar-refractivity contribution in [1.29, 1.82) is 0 Å². The quantitative estimate of drug-likeness (QED) is 0.820. The van der Waals surface area contributed by atoms with Gasteiger partial charge in [0.25, 0.3) is 0 Å². The number of rotatable bonds is 5. The summed E-state index contributed by atoms with van der Waals surface area (Å²) >= 11 is 0. The molecule has 0 radical (unpaired) electrons. The number of nitrogens with zero attached hydrogens (tertiary/aromatic N) is 3. The highest BCUT2D eigenvalue weighted by Crippen LogP contribution is 2.45. The van der Waals surface area contributed by atoms with Crippen LogP contribution >= 0.6 is 0 Å². The molecule has 162 valence electrons. The van der Waals surface area contributed by atoms with Crippen LogP contribution in [0.25, 0.3) is 0 Å². The molecule has 0 amide bonds. The normalized spacial score (nSPS) is 29.7. The van der Waals surface area contributed by atoms with E-state index in [4.69, 9.17) is 0 Å². The Labute approximate surface area is 177 Å². The van der Waals surface area contributed by atoms with Gasteiger partial charge in [0.05, 0.1) is 6.10 Å². The first-order chi connectivity index (χ1) is 14.0. The molecule has 2 heterocycles. The van der Waals surface area contributed by atoms with Crippen molar-refractivity contribution < 1.29 is 5.11 Å². The van der Waals surface area contributed by atoms with Crippen molar-refractivity contribution in [2.45, 2.75) is 72.1 Å². The monoisotopic (exact) mass is 399 g/mol. The van der Waals surface area contributed by atoms with Gasteiger partial charge in [-0.25, -0.2) is 0 Å². The van der Waals surface area contributed by atoms with E-state index in [2.05, 4.69) is 47.6 Å². The Morgan fingerprint density at radius 3 is 2.14 bits per heavy atom. The Morgan fingerprint density at radius 1 is 0.897 bits per heavy atom. The van der Waals surface area contributed by atoms with Gasteiger partial charge in [0.1, 0.15) is 0 Å². The second kappa shape index (κ2) is 9.05. The van der Waals surface area contributed by atoms with Crippen LogP contribution < -0.4 is 0 Å². The number of benzene rings is 1. The molecule has 1 spiro atoms. The van der Waals surface area contributed by atoms with Gasteiger partial charge in [-0.2, -0.15) is 0 Å². The highest BCUT2D eigenvalue weighted by atomic mass is 16.3. The maximum Gasteiger partial charge on any atom is 0.0608 e. The fourth-order valence-corrected chi connectivity index (χ4v) is 6.08. The van der Waals surface area contributed by atoms with E-state index in [0.29, 0.717) is 0 Å². The number of hydrogen-bond acceptors (Lipinski definition) is 4. The minimum Gasteiger partial charge on any atom is -0.393 e. The minimum atomic E-state index is -0.0822. The predicted molar refractivity (Wildman–Crippen MR) is 120 cm³/mol. The summed E-state index contributed by atoms with van der Waals surface area (Å²) in [5.41, 5.74) is 6.06. The smallest absolute Gasteiger partial charge is 0.0608 e. The summed E-state index contributed by atoms with van der Waals surface area (Å²) in [5.74, 6) is 0. The summed E-state index contributed by atoms with van der Waals surface area (Å²) in [5, 5.41) is 10.6. The summed E-state index contributed by atoms with van der Waals surface area (Å²) in [6.07, 6.45) is 5.79. The number of piperazine rings is 1. The minimum absolute atomic E-state index is 0.0822. The molecule has 3 fully saturated rings. The standard InChI is InChI=1S/C25H41N3O/c1-4-26-11-13-27(14-12-26)17-22-15-20(2)16-23(21(22)3)18-28-10-6-9-25(19-28)8-5-7-24(25)29/h15-16,24,29H,4-14,17-19H2,1-3H3/t24-,25+/m1/s1. The maximum absolute atomic E-state index is 10.6. The van der Waals surface area contributed by atoms with Crippen molar-refractivity contribution in [3.8, 4) is 0 Å². The first-order valence-electron chi connectivity index (χ1n) is 11.9. The Bertz CT molecular complexity index is 698. The average molecular weight is 400 g/mol. The van der Waals surface area contributed by atoms with Crippen LogP contribution in [0.3, 0.4) is 0 Å². The number of aliphatic hydroxyl groups excluding tert-OH is 1. The largest absolute Gasteiger partial charge is 0.393 e. The average Bonchev–Trinajstić information content (AvgIpc) is 3.05. The van der Waals surface area contributed by atoms with Gasteiger partial charge in [-0.3, -0.25) is 9.80 Å². The molecule has 1 N–H and O–H groups in total. The van der Waals surface area contributed by atoms with Crippen LogP contribution in [0.2, 0.25) is 0 Å². The van der Waals surface area contributed by atoms with Crippen LogP contribution in [0.4, 0.5) is 0 Å². The van der Waals surface area contributed by atoms with Gasteiger partial charge in [-0.05, 0) is 69.3 Å². The zero-order valence-corrected chi connectivity index (χ0v) is 18.9. The summed E-state index contributed by atoms with van der Waals surface area (Å²) < 4.78 is 0. The molecule has 2 atom stereocenters. The van der Waals surface area contributed by atoms with E-state index in [-0.39, 0.29) is 11.5 Å². The molecule has 2 aliphatic heterocycles. The number of aliphatic hydroxyl groups is 1. The molecule has 1 saturated carbocycles. The second-order valence-electron chi connectivity index (χ2n) is 10.0. The number of piperidine rings is 1. The zero-order valence-electron chi connectivity index (χ0n) is 18.9. The van der Waals surface area contributed by atoms with E-state index in [1.807, 2.05) is 0 Å². The number of hydrogen-bond donors (Lipinski definition) is 1. The van der Waals surface area contributed by atoms with Crippen LogP contribution in [0, 0.1) is 19.3 Å². The lowest BCUT2D eigenvalue weighted by Gasteiger charge is -2.43. The molecule has 4 heteroatoms. The predicted octanol–water partition coefficient (Wildman–Crippen LogP) is 3.57. The van der Waals surface area contributed by atoms with Crippen molar-refractivity contribution in [3.63, 3.8) is 0 Å². The van der Waals surface area contributed by atoms with Crippen LogP contribution in [0.1, 0.15) is 61.3 Å². The van der Waals surface area contributed by atoms with Gasteiger partial charge < -0.3 is 10.0 Å². The first-order valence-corrected chi connectivity index (χ1v) is 11.9. The third-order valence-electron chi connectivity index (χ3n) is 8.01. The molecule has 0 aromatic heterocycles. The molecule has 0 bridgehead atoms. The lowest BCUT2D eigenvalue weighted by atomic mass is 9.76. The zero-order chi connectivity index (χ0) is 20.4. The fourth-order valence-electron chi connectivity index (χ4n) is 6.08. The Morgan fingerprint density at radius 2 is 1.52 bits per heavy atom. The first kappa shape index (κ1) is 21.3. The Hall–Kier alpha value is -0.940. The maximum atomic E-state index is 10.6. The fraction of sp³-hybridized carbons (Fsp3) is 0.760. The number of likely N-dealkylation sites (tertiary alicyclic amines) is 1. The van der Waals surface area contributed by atoms with Gasteiger partial charge >= 0.3 is 0 Å². The van der Waals surface area contributed by atoms with Crippen LogP contribution in [0.5, 0.6) is 0 Å². The van der Waals surface area contributed by atoms with Crippen LogP contribution in [-0.4, -0.2) is 71.7 Å². The van der Waals surface area contributed by atoms with Gasteiger partial charge in [0.2, 0.25) is 0 Å². The summed E-state index contributed by atoms with van der Waals surface area (Å²) in [7, 11) is 0. The lowest BCUT2D eigenvalue weighted by Crippen LogP contribution is -2.47. The topological polar surface area (TPSA) is 30.0 Å². The van der Waals surface area contributed by atoms with Gasteiger partial charge in [-0.1, -0.05) is 31.0 Å².